The van der Waals surface area contributed by atoms with Crippen LogP contribution in [0.5, 0.6) is 0 Å². The molecule has 0 aliphatic carbocycles. The van der Waals surface area contributed by atoms with Gasteiger partial charge in [-0.3, -0.25) is 9.36 Å². The molecule has 1 amide bonds. The summed E-state index contributed by atoms with van der Waals surface area (Å²) in [6.07, 6.45) is 1.74. The Balaban J connectivity index is 1.80. The van der Waals surface area contributed by atoms with Crippen LogP contribution in [0.4, 0.5) is 5.69 Å². The second-order valence-electron chi connectivity index (χ2n) is 7.12. The molecule has 2 heterocycles. The molecule has 0 fully saturated rings. The number of nitrogens with one attached hydrogen (secondary N) is 1. The Labute approximate surface area is 205 Å². The van der Waals surface area contributed by atoms with E-state index >= 15 is 0 Å². The Morgan fingerprint density at radius 3 is 2.53 bits per heavy atom. The molecule has 9 nitrogen and oxygen atoms in total. The maximum atomic E-state index is 12.7. The topological polar surface area (TPSA) is 112 Å². The average Bonchev–Trinajstić information content (AvgIpc) is 3.38. The largest absolute Gasteiger partial charge is 0.465 e. The van der Waals surface area contributed by atoms with Crippen LogP contribution >= 0.6 is 23.1 Å². The lowest BCUT2D eigenvalue weighted by Gasteiger charge is -2.12. The van der Waals surface area contributed by atoms with Crippen molar-refractivity contribution in [1.82, 2.24) is 14.8 Å². The van der Waals surface area contributed by atoms with Crippen molar-refractivity contribution in [1.29, 1.82) is 0 Å². The van der Waals surface area contributed by atoms with E-state index in [-0.39, 0.29) is 22.6 Å². The van der Waals surface area contributed by atoms with Crippen LogP contribution < -0.4 is 5.32 Å². The van der Waals surface area contributed by atoms with Crippen molar-refractivity contribution in [3.05, 3.63) is 57.8 Å². The Morgan fingerprint density at radius 2 is 1.91 bits per heavy atom. The highest BCUT2D eigenvalue weighted by molar-refractivity contribution is 7.99. The van der Waals surface area contributed by atoms with Crippen molar-refractivity contribution in [2.45, 2.75) is 25.5 Å². The van der Waals surface area contributed by atoms with E-state index < -0.39 is 17.8 Å². The van der Waals surface area contributed by atoms with Crippen LogP contribution in [0.2, 0.25) is 0 Å². The quantitative estimate of drug-likeness (QED) is 0.265. The van der Waals surface area contributed by atoms with Crippen molar-refractivity contribution in [2.24, 2.45) is 0 Å². The molecule has 0 unspecified atom stereocenters. The summed E-state index contributed by atoms with van der Waals surface area (Å²) in [6.45, 7) is 8.38. The Kier molecular flexibility index (Phi) is 8.24. The standard InChI is InChI=1S/C23H24N4O5S2/c1-6-9-27-20(17-11-33-14(3)13(17)2)25-26-23(27)34-12-19(28)24-18-10-15(21(29)31-4)7-8-16(18)22(30)32-5/h6-8,10-11H,1,9,12H2,2-5H3,(H,24,28). The number of hydrogen-bond acceptors (Lipinski definition) is 9. The summed E-state index contributed by atoms with van der Waals surface area (Å²) >= 11 is 2.85. The van der Waals surface area contributed by atoms with Crippen molar-refractivity contribution < 1.29 is 23.9 Å². The van der Waals surface area contributed by atoms with E-state index in [1.165, 1.54) is 49.1 Å². The molecular weight excluding hydrogens is 476 g/mol. The van der Waals surface area contributed by atoms with Gasteiger partial charge in [0, 0.05) is 22.4 Å². The fourth-order valence-corrected chi connectivity index (χ4v) is 4.73. The highest BCUT2D eigenvalue weighted by atomic mass is 32.2. The molecule has 178 valence electrons. The molecule has 1 aromatic carbocycles. The highest BCUT2D eigenvalue weighted by Crippen LogP contribution is 2.31. The highest BCUT2D eigenvalue weighted by Gasteiger charge is 2.20. The monoisotopic (exact) mass is 500 g/mol. The second kappa shape index (κ2) is 11.1. The van der Waals surface area contributed by atoms with Crippen molar-refractivity contribution in [2.75, 3.05) is 25.3 Å². The number of anilines is 1. The first-order valence-corrected chi connectivity index (χ1v) is 12.0. The number of nitrogens with zero attached hydrogens (tertiary/aromatic N) is 3. The normalized spacial score (nSPS) is 10.6. The molecule has 0 aliphatic heterocycles. The number of aryl methyl sites for hydroxylation is 1. The lowest BCUT2D eigenvalue weighted by atomic mass is 10.1. The third-order valence-corrected chi connectivity index (χ3v) is 6.99. The lowest BCUT2D eigenvalue weighted by Crippen LogP contribution is -2.18. The summed E-state index contributed by atoms with van der Waals surface area (Å²) in [5, 5.41) is 13.9. The van der Waals surface area contributed by atoms with Crippen molar-refractivity contribution >= 4 is 46.6 Å². The van der Waals surface area contributed by atoms with E-state index in [2.05, 4.69) is 29.0 Å². The lowest BCUT2D eigenvalue weighted by molar-refractivity contribution is -0.113. The predicted molar refractivity (Wildman–Crippen MR) is 131 cm³/mol. The van der Waals surface area contributed by atoms with E-state index in [0.717, 1.165) is 11.1 Å². The first-order chi connectivity index (χ1) is 16.3. The molecule has 0 spiro atoms. The molecule has 0 bridgehead atoms. The molecule has 2 aromatic heterocycles. The van der Waals surface area contributed by atoms with Crippen molar-refractivity contribution in [3.8, 4) is 11.4 Å². The fourth-order valence-electron chi connectivity index (χ4n) is 3.12. The molecule has 0 saturated heterocycles. The number of rotatable bonds is 9. The molecule has 1 N–H and O–H groups in total. The van der Waals surface area contributed by atoms with Gasteiger partial charge in [0.1, 0.15) is 0 Å². The number of esters is 2. The number of allylic oxidation sites excluding steroid dienone is 1. The van der Waals surface area contributed by atoms with Crippen LogP contribution in [-0.2, 0) is 20.8 Å². The van der Waals surface area contributed by atoms with Crippen LogP contribution in [-0.4, -0.2) is 52.6 Å². The number of aromatic nitrogens is 3. The van der Waals surface area contributed by atoms with Gasteiger partial charge in [-0.2, -0.15) is 0 Å². The first kappa shape index (κ1) is 25.2. The molecular formula is C23H24N4O5S2. The summed E-state index contributed by atoms with van der Waals surface area (Å²) in [7, 11) is 2.48. The molecule has 0 saturated carbocycles. The fraction of sp³-hybridized carbons (Fsp3) is 0.261. The first-order valence-electron chi connectivity index (χ1n) is 10.1. The third-order valence-electron chi connectivity index (χ3n) is 5.01. The van der Waals surface area contributed by atoms with Gasteiger partial charge in [-0.05, 0) is 37.6 Å². The summed E-state index contributed by atoms with van der Waals surface area (Å²) in [4.78, 5) is 37.9. The second-order valence-corrected chi connectivity index (χ2v) is 9.14. The summed E-state index contributed by atoms with van der Waals surface area (Å²) in [5.41, 5.74) is 2.59. The van der Waals surface area contributed by atoms with E-state index in [9.17, 15) is 14.4 Å². The van der Waals surface area contributed by atoms with Crippen LogP contribution in [0.15, 0.2) is 41.4 Å². The number of carbonyl (C=O) groups excluding carboxylic acids is 3. The molecule has 11 heteroatoms. The number of amides is 1. The molecule has 0 aliphatic rings. The maximum Gasteiger partial charge on any atom is 0.339 e. The minimum absolute atomic E-state index is 0.0000124. The van der Waals surface area contributed by atoms with Crippen LogP contribution in [0.25, 0.3) is 11.4 Å². The van der Waals surface area contributed by atoms with Gasteiger partial charge in [0.25, 0.3) is 0 Å². The number of methoxy groups -OCH3 is 2. The molecule has 34 heavy (non-hydrogen) atoms. The van der Waals surface area contributed by atoms with Gasteiger partial charge < -0.3 is 14.8 Å². The summed E-state index contributed by atoms with van der Waals surface area (Å²) in [6, 6.07) is 4.20. The van der Waals surface area contributed by atoms with Gasteiger partial charge >= 0.3 is 11.9 Å². The number of thioether (sulfide) groups is 1. The predicted octanol–water partition coefficient (Wildman–Crippen LogP) is 4.11. The molecule has 0 atom stereocenters. The molecule has 3 aromatic rings. The summed E-state index contributed by atoms with van der Waals surface area (Å²) < 4.78 is 11.4. The van der Waals surface area contributed by atoms with Gasteiger partial charge in [0.05, 0.1) is 36.8 Å². The Morgan fingerprint density at radius 1 is 1.18 bits per heavy atom. The number of ether oxygens (including phenoxy) is 2. The molecule has 0 radical (unpaired) electrons. The SMILES string of the molecule is C=CCn1c(SCC(=O)Nc2cc(C(=O)OC)ccc2C(=O)OC)nnc1-c1csc(C)c1C. The van der Waals surface area contributed by atoms with Crippen LogP contribution in [0, 0.1) is 13.8 Å². The maximum absolute atomic E-state index is 12.7. The number of benzene rings is 1. The van der Waals surface area contributed by atoms with E-state index in [0.29, 0.717) is 17.5 Å². The van der Waals surface area contributed by atoms with Crippen molar-refractivity contribution in [3.63, 3.8) is 0 Å². The zero-order valence-corrected chi connectivity index (χ0v) is 20.8. The van der Waals surface area contributed by atoms with Gasteiger partial charge in [-0.25, -0.2) is 9.59 Å². The number of thiophene rings is 1. The van der Waals surface area contributed by atoms with Gasteiger partial charge in [0.15, 0.2) is 11.0 Å². The van der Waals surface area contributed by atoms with E-state index in [1.54, 1.807) is 17.4 Å². The number of carbonyl (C=O) groups is 3. The Hall–Kier alpha value is -3.44. The third kappa shape index (κ3) is 5.37. The zero-order valence-electron chi connectivity index (χ0n) is 19.2. The van der Waals surface area contributed by atoms with E-state index in [4.69, 9.17) is 9.47 Å². The number of hydrogen-bond donors (Lipinski definition) is 1. The smallest absolute Gasteiger partial charge is 0.339 e. The van der Waals surface area contributed by atoms with Crippen LogP contribution in [0.1, 0.15) is 31.2 Å². The van der Waals surface area contributed by atoms with Gasteiger partial charge in [-0.15, -0.1) is 28.1 Å². The average molecular weight is 501 g/mol. The zero-order chi connectivity index (χ0) is 24.8. The molecule has 3 rings (SSSR count). The van der Waals surface area contributed by atoms with E-state index in [1.807, 2.05) is 16.9 Å². The minimum Gasteiger partial charge on any atom is -0.465 e. The van der Waals surface area contributed by atoms with Crippen LogP contribution in [0.3, 0.4) is 0 Å². The Bertz CT molecular complexity index is 1250. The van der Waals surface area contributed by atoms with Gasteiger partial charge in [0.2, 0.25) is 5.91 Å². The van der Waals surface area contributed by atoms with Gasteiger partial charge in [-0.1, -0.05) is 17.8 Å². The minimum atomic E-state index is -0.642. The summed E-state index contributed by atoms with van der Waals surface area (Å²) in [5.74, 6) is -0.917.